The molecule has 0 saturated carbocycles. The third-order valence-electron chi connectivity index (χ3n) is 9.52. The SMILES string of the molecule is CC(CN1CC(C)(C)CCC1(C)C)c1ccc(OC(=O)Oc2ccc(C(C)ON3C(C)(C)CCCC3(C)C)cc2)cc1. The van der Waals surface area contributed by atoms with Crippen LogP contribution in [-0.2, 0) is 4.84 Å². The largest absolute Gasteiger partial charge is 0.519 e. The molecule has 4 rings (SSSR count). The van der Waals surface area contributed by atoms with Gasteiger partial charge in [-0.1, -0.05) is 45.0 Å². The molecule has 0 bridgehead atoms. The topological polar surface area (TPSA) is 51.2 Å². The summed E-state index contributed by atoms with van der Waals surface area (Å²) in [5, 5.41) is 2.18. The molecule has 0 radical (unpaired) electrons. The average molecular weight is 579 g/mol. The maximum atomic E-state index is 12.5. The van der Waals surface area contributed by atoms with Crippen molar-refractivity contribution in [3.8, 4) is 11.5 Å². The van der Waals surface area contributed by atoms with Gasteiger partial charge in [-0.3, -0.25) is 9.74 Å². The minimum absolute atomic E-state index is 0.0273. The molecule has 2 aliphatic rings. The Morgan fingerprint density at radius 1 is 0.714 bits per heavy atom. The number of benzene rings is 2. The Morgan fingerprint density at radius 3 is 1.74 bits per heavy atom. The number of ether oxygens (including phenoxy) is 2. The lowest BCUT2D eigenvalue weighted by Crippen LogP contribution is -2.58. The van der Waals surface area contributed by atoms with Crippen LogP contribution >= 0.6 is 0 Å². The first kappa shape index (κ1) is 32.5. The number of hydroxylamine groups is 2. The highest BCUT2D eigenvalue weighted by molar-refractivity contribution is 5.67. The molecule has 6 heteroatoms. The van der Waals surface area contributed by atoms with E-state index in [0.717, 1.165) is 31.5 Å². The number of rotatable bonds is 8. The zero-order valence-electron chi connectivity index (χ0n) is 27.8. The molecule has 0 spiro atoms. The van der Waals surface area contributed by atoms with Crippen LogP contribution in [0.25, 0.3) is 0 Å². The van der Waals surface area contributed by atoms with Crippen molar-refractivity contribution in [1.82, 2.24) is 9.96 Å². The van der Waals surface area contributed by atoms with Gasteiger partial charge < -0.3 is 9.47 Å². The first-order chi connectivity index (χ1) is 19.5. The molecule has 232 valence electrons. The van der Waals surface area contributed by atoms with E-state index in [9.17, 15) is 4.79 Å². The number of carbonyl (C=O) groups excluding carboxylic acids is 1. The van der Waals surface area contributed by atoms with E-state index in [1.165, 1.54) is 24.8 Å². The van der Waals surface area contributed by atoms with Crippen LogP contribution in [0.1, 0.15) is 124 Å². The van der Waals surface area contributed by atoms with Gasteiger partial charge in [-0.25, -0.2) is 4.79 Å². The second-order valence-corrected chi connectivity index (χ2v) is 15.4. The predicted octanol–water partition coefficient (Wildman–Crippen LogP) is 9.30. The Bertz CT molecular complexity index is 1180. The summed E-state index contributed by atoms with van der Waals surface area (Å²) in [4.78, 5) is 21.7. The van der Waals surface area contributed by atoms with Gasteiger partial charge in [-0.05, 0) is 127 Å². The van der Waals surface area contributed by atoms with Gasteiger partial charge in [0.05, 0.1) is 0 Å². The number of hydrogen-bond acceptors (Lipinski definition) is 6. The molecule has 2 aromatic rings. The number of piperidine rings is 2. The quantitative estimate of drug-likeness (QED) is 0.230. The molecule has 2 unspecified atom stereocenters. The highest BCUT2D eigenvalue weighted by Gasteiger charge is 2.43. The highest BCUT2D eigenvalue weighted by Crippen LogP contribution is 2.41. The van der Waals surface area contributed by atoms with Crippen molar-refractivity contribution >= 4 is 6.16 Å². The van der Waals surface area contributed by atoms with Gasteiger partial charge in [-0.15, -0.1) is 0 Å². The zero-order chi connectivity index (χ0) is 30.9. The predicted molar refractivity (Wildman–Crippen MR) is 170 cm³/mol. The van der Waals surface area contributed by atoms with Crippen LogP contribution < -0.4 is 9.47 Å². The van der Waals surface area contributed by atoms with Crippen LogP contribution in [0.15, 0.2) is 48.5 Å². The third-order valence-corrected chi connectivity index (χ3v) is 9.52. The smallest absolute Gasteiger partial charge is 0.395 e. The van der Waals surface area contributed by atoms with Crippen molar-refractivity contribution in [2.45, 2.75) is 130 Å². The van der Waals surface area contributed by atoms with E-state index in [-0.39, 0.29) is 22.7 Å². The zero-order valence-corrected chi connectivity index (χ0v) is 27.8. The summed E-state index contributed by atoms with van der Waals surface area (Å²) in [7, 11) is 0. The molecular weight excluding hydrogens is 524 g/mol. The van der Waals surface area contributed by atoms with E-state index in [0.29, 0.717) is 22.8 Å². The fraction of sp³-hybridized carbons (Fsp3) is 0.639. The van der Waals surface area contributed by atoms with Crippen molar-refractivity contribution in [2.24, 2.45) is 5.41 Å². The van der Waals surface area contributed by atoms with Crippen LogP contribution in [0.5, 0.6) is 11.5 Å². The molecule has 2 aromatic carbocycles. The molecule has 42 heavy (non-hydrogen) atoms. The van der Waals surface area contributed by atoms with Gasteiger partial charge in [0.2, 0.25) is 0 Å². The van der Waals surface area contributed by atoms with Gasteiger partial charge >= 0.3 is 6.16 Å². The summed E-state index contributed by atoms with van der Waals surface area (Å²) < 4.78 is 11.0. The van der Waals surface area contributed by atoms with Gasteiger partial charge in [0.1, 0.15) is 17.6 Å². The summed E-state index contributed by atoms with van der Waals surface area (Å²) in [6, 6.07) is 15.3. The number of carbonyl (C=O) groups is 1. The Labute approximate surface area is 254 Å². The number of likely N-dealkylation sites (tertiary alicyclic amines) is 1. The molecule has 2 saturated heterocycles. The lowest BCUT2D eigenvalue weighted by molar-refractivity contribution is -0.304. The molecular formula is C36H54N2O4. The van der Waals surface area contributed by atoms with E-state index < -0.39 is 6.16 Å². The van der Waals surface area contributed by atoms with E-state index in [4.69, 9.17) is 14.3 Å². The van der Waals surface area contributed by atoms with E-state index in [1.54, 1.807) is 12.1 Å². The van der Waals surface area contributed by atoms with Crippen LogP contribution in [0.2, 0.25) is 0 Å². The van der Waals surface area contributed by atoms with Gasteiger partial charge in [0.15, 0.2) is 0 Å². The molecule has 0 N–H and O–H groups in total. The second kappa shape index (κ2) is 12.3. The second-order valence-electron chi connectivity index (χ2n) is 15.4. The number of hydrogen-bond donors (Lipinski definition) is 0. The Kier molecular flexibility index (Phi) is 9.52. The van der Waals surface area contributed by atoms with Crippen LogP contribution in [-0.4, -0.2) is 45.8 Å². The normalized spacial score (nSPS) is 23.1. The minimum atomic E-state index is -0.748. The molecule has 0 aromatic heterocycles. The molecule has 2 aliphatic heterocycles. The monoisotopic (exact) mass is 578 g/mol. The lowest BCUT2D eigenvalue weighted by Gasteiger charge is -2.52. The number of nitrogens with zero attached hydrogens (tertiary/aromatic N) is 2. The maximum Gasteiger partial charge on any atom is 0.519 e. The van der Waals surface area contributed by atoms with E-state index in [2.05, 4.69) is 91.3 Å². The van der Waals surface area contributed by atoms with Crippen molar-refractivity contribution < 1.29 is 19.1 Å². The molecule has 2 atom stereocenters. The average Bonchev–Trinajstić information content (AvgIpc) is 2.89. The Morgan fingerprint density at radius 2 is 1.21 bits per heavy atom. The molecule has 2 fully saturated rings. The van der Waals surface area contributed by atoms with Crippen LogP contribution in [0.3, 0.4) is 0 Å². The van der Waals surface area contributed by atoms with Crippen molar-refractivity contribution in [3.05, 3.63) is 59.7 Å². The fourth-order valence-electron chi connectivity index (χ4n) is 6.72. The van der Waals surface area contributed by atoms with Crippen LogP contribution in [0, 0.1) is 5.41 Å². The summed E-state index contributed by atoms with van der Waals surface area (Å²) >= 11 is 0. The Hall–Kier alpha value is -2.41. The first-order valence-electron chi connectivity index (χ1n) is 15.8. The standard InChI is InChI=1S/C36H54N2O4/c1-26(24-37-25-33(3,4)22-23-34(37,5)6)28-12-16-30(17-13-28)40-32(39)41-31-18-14-29(15-19-31)27(2)42-38-35(7,8)20-11-21-36(38,9)10/h12-19,26-27H,11,20-25H2,1-10H3. The third kappa shape index (κ3) is 7.94. The van der Waals surface area contributed by atoms with E-state index in [1.807, 2.05) is 24.3 Å². The van der Waals surface area contributed by atoms with Gasteiger partial charge in [-0.2, -0.15) is 5.06 Å². The minimum Gasteiger partial charge on any atom is -0.395 e. The highest BCUT2D eigenvalue weighted by atomic mass is 16.7. The molecule has 0 aliphatic carbocycles. The van der Waals surface area contributed by atoms with Gasteiger partial charge in [0, 0.05) is 29.7 Å². The summed E-state index contributed by atoms with van der Waals surface area (Å²) in [5.74, 6) is 1.28. The summed E-state index contributed by atoms with van der Waals surface area (Å²) in [6.45, 7) is 24.9. The first-order valence-corrected chi connectivity index (χ1v) is 15.8. The lowest BCUT2D eigenvalue weighted by atomic mass is 9.76. The van der Waals surface area contributed by atoms with Crippen molar-refractivity contribution in [1.29, 1.82) is 0 Å². The maximum absolute atomic E-state index is 12.5. The molecule has 6 nitrogen and oxygen atoms in total. The van der Waals surface area contributed by atoms with Gasteiger partial charge in [0.25, 0.3) is 0 Å². The van der Waals surface area contributed by atoms with Crippen LogP contribution in [0.4, 0.5) is 4.79 Å². The van der Waals surface area contributed by atoms with E-state index >= 15 is 0 Å². The van der Waals surface area contributed by atoms with Crippen molar-refractivity contribution in [2.75, 3.05) is 13.1 Å². The fourth-order valence-corrected chi connectivity index (χ4v) is 6.72. The summed E-state index contributed by atoms with van der Waals surface area (Å²) in [5.41, 5.74) is 2.76. The molecule has 2 heterocycles. The molecule has 0 amide bonds. The Balaban J connectivity index is 1.29. The van der Waals surface area contributed by atoms with Crippen molar-refractivity contribution in [3.63, 3.8) is 0 Å². The summed E-state index contributed by atoms with van der Waals surface area (Å²) in [6.07, 6.45) is 5.02.